The number of benzene rings is 3. The fourth-order valence-electron chi connectivity index (χ4n) is 3.68. The maximum Gasteiger partial charge on any atom is 0.148 e. The Morgan fingerprint density at radius 3 is 2.33 bits per heavy atom. The highest BCUT2D eigenvalue weighted by Crippen LogP contribution is 2.26. The second-order valence-electron chi connectivity index (χ2n) is 7.76. The Bertz CT molecular complexity index is 1130. The number of aromatic nitrogens is 2. The van der Waals surface area contributed by atoms with Crippen LogP contribution in [0.5, 0.6) is 11.5 Å². The molecule has 0 atom stereocenters. The molecule has 1 heterocycles. The molecular formula is C26H28N2O2. The number of hydrogen-bond donors (Lipinski definition) is 0. The first kappa shape index (κ1) is 20.0. The summed E-state index contributed by atoms with van der Waals surface area (Å²) in [4.78, 5) is 4.81. The van der Waals surface area contributed by atoms with E-state index in [4.69, 9.17) is 14.5 Å². The lowest BCUT2D eigenvalue weighted by Gasteiger charge is -2.15. The van der Waals surface area contributed by atoms with Crippen molar-refractivity contribution in [3.05, 3.63) is 89.7 Å². The van der Waals surface area contributed by atoms with Gasteiger partial charge in [0.15, 0.2) is 0 Å². The molecule has 4 aromatic rings. The van der Waals surface area contributed by atoms with E-state index >= 15 is 0 Å². The summed E-state index contributed by atoms with van der Waals surface area (Å²) in [7, 11) is 0. The second-order valence-corrected chi connectivity index (χ2v) is 7.76. The largest absolute Gasteiger partial charge is 0.491 e. The first-order chi connectivity index (χ1) is 14.6. The summed E-state index contributed by atoms with van der Waals surface area (Å²) < 4.78 is 14.5. The van der Waals surface area contributed by atoms with Crippen LogP contribution in [0.15, 0.2) is 72.8 Å². The minimum absolute atomic E-state index is 0.419. The van der Waals surface area contributed by atoms with Gasteiger partial charge in [-0.2, -0.15) is 0 Å². The summed E-state index contributed by atoms with van der Waals surface area (Å²) in [6.45, 7) is 8.13. The third-order valence-corrected chi connectivity index (χ3v) is 5.30. The van der Waals surface area contributed by atoms with E-state index in [0.717, 1.165) is 33.9 Å². The van der Waals surface area contributed by atoms with Crippen LogP contribution < -0.4 is 9.47 Å². The minimum Gasteiger partial charge on any atom is -0.491 e. The van der Waals surface area contributed by atoms with Crippen LogP contribution in [-0.4, -0.2) is 16.2 Å². The predicted octanol–water partition coefficient (Wildman–Crippen LogP) is 6.13. The van der Waals surface area contributed by atoms with Crippen LogP contribution >= 0.6 is 0 Å². The van der Waals surface area contributed by atoms with Gasteiger partial charge in [0.25, 0.3) is 0 Å². The highest BCUT2D eigenvalue weighted by Gasteiger charge is 2.13. The molecule has 0 bridgehead atoms. The van der Waals surface area contributed by atoms with Crippen LogP contribution in [-0.2, 0) is 13.2 Å². The van der Waals surface area contributed by atoms with E-state index in [2.05, 4.69) is 49.6 Å². The summed E-state index contributed by atoms with van der Waals surface area (Å²) in [5.74, 6) is 3.17. The van der Waals surface area contributed by atoms with Crippen molar-refractivity contribution in [3.63, 3.8) is 0 Å². The fraction of sp³-hybridized carbons (Fsp3) is 0.269. The second kappa shape index (κ2) is 9.04. The number of imidazole rings is 1. The SMILES string of the molecule is Cc1ccccc1OCc1nc2ccccc2n1CCOc1ccccc1C(C)C. The van der Waals surface area contributed by atoms with E-state index in [0.29, 0.717) is 25.7 Å². The Balaban J connectivity index is 1.53. The maximum atomic E-state index is 6.17. The molecule has 4 nitrogen and oxygen atoms in total. The molecule has 0 aliphatic rings. The van der Waals surface area contributed by atoms with Gasteiger partial charge in [0.05, 0.1) is 17.6 Å². The Morgan fingerprint density at radius 1 is 0.833 bits per heavy atom. The Kier molecular flexibility index (Phi) is 6.03. The molecule has 154 valence electrons. The summed E-state index contributed by atoms with van der Waals surface area (Å²) in [6, 6.07) is 24.5. The van der Waals surface area contributed by atoms with Crippen molar-refractivity contribution >= 4 is 11.0 Å². The quantitative estimate of drug-likeness (QED) is 0.357. The van der Waals surface area contributed by atoms with Crippen LogP contribution in [0.1, 0.15) is 36.7 Å². The topological polar surface area (TPSA) is 36.3 Å². The lowest BCUT2D eigenvalue weighted by Crippen LogP contribution is -2.13. The molecule has 3 aromatic carbocycles. The van der Waals surface area contributed by atoms with Gasteiger partial charge in [-0.25, -0.2) is 4.98 Å². The average molecular weight is 401 g/mol. The van der Waals surface area contributed by atoms with Gasteiger partial charge in [-0.05, 0) is 48.2 Å². The van der Waals surface area contributed by atoms with Gasteiger partial charge in [-0.3, -0.25) is 0 Å². The van der Waals surface area contributed by atoms with E-state index in [1.807, 2.05) is 48.5 Å². The van der Waals surface area contributed by atoms with Crippen LogP contribution in [0.25, 0.3) is 11.0 Å². The normalized spacial score (nSPS) is 11.2. The van der Waals surface area contributed by atoms with Gasteiger partial charge >= 0.3 is 0 Å². The Labute approximate surface area is 178 Å². The van der Waals surface area contributed by atoms with Gasteiger partial charge in [-0.1, -0.05) is 62.4 Å². The monoisotopic (exact) mass is 400 g/mol. The average Bonchev–Trinajstić information content (AvgIpc) is 3.11. The molecular weight excluding hydrogens is 372 g/mol. The number of ether oxygens (including phenoxy) is 2. The molecule has 0 fully saturated rings. The van der Waals surface area contributed by atoms with Crippen molar-refractivity contribution in [2.45, 2.75) is 39.8 Å². The number of aryl methyl sites for hydroxylation is 1. The first-order valence-electron chi connectivity index (χ1n) is 10.5. The predicted molar refractivity (Wildman–Crippen MR) is 121 cm³/mol. The molecule has 0 radical (unpaired) electrons. The molecule has 0 aliphatic carbocycles. The van der Waals surface area contributed by atoms with E-state index in [9.17, 15) is 0 Å². The van der Waals surface area contributed by atoms with Gasteiger partial charge in [0.1, 0.15) is 30.5 Å². The minimum atomic E-state index is 0.419. The van der Waals surface area contributed by atoms with Crippen molar-refractivity contribution < 1.29 is 9.47 Å². The maximum absolute atomic E-state index is 6.17. The smallest absolute Gasteiger partial charge is 0.148 e. The van der Waals surface area contributed by atoms with Crippen molar-refractivity contribution in [1.29, 1.82) is 0 Å². The zero-order valence-electron chi connectivity index (χ0n) is 17.8. The van der Waals surface area contributed by atoms with Crippen molar-refractivity contribution in [3.8, 4) is 11.5 Å². The zero-order chi connectivity index (χ0) is 20.9. The van der Waals surface area contributed by atoms with E-state index < -0.39 is 0 Å². The molecule has 0 saturated heterocycles. The molecule has 0 unspecified atom stereocenters. The zero-order valence-corrected chi connectivity index (χ0v) is 17.8. The van der Waals surface area contributed by atoms with Crippen LogP contribution in [0.2, 0.25) is 0 Å². The van der Waals surface area contributed by atoms with Crippen molar-refractivity contribution in [2.24, 2.45) is 0 Å². The van der Waals surface area contributed by atoms with Crippen LogP contribution in [0, 0.1) is 6.92 Å². The van der Waals surface area contributed by atoms with E-state index in [1.165, 1.54) is 5.56 Å². The lowest BCUT2D eigenvalue weighted by molar-refractivity contribution is 0.270. The molecule has 0 N–H and O–H groups in total. The Hall–Kier alpha value is -3.27. The van der Waals surface area contributed by atoms with Gasteiger partial charge in [-0.15, -0.1) is 0 Å². The van der Waals surface area contributed by atoms with E-state index in [1.54, 1.807) is 0 Å². The lowest BCUT2D eigenvalue weighted by atomic mass is 10.0. The Morgan fingerprint density at radius 2 is 1.53 bits per heavy atom. The number of hydrogen-bond acceptors (Lipinski definition) is 3. The number of fused-ring (bicyclic) bond motifs is 1. The first-order valence-corrected chi connectivity index (χ1v) is 10.5. The summed E-state index contributed by atoms with van der Waals surface area (Å²) in [5, 5.41) is 0. The molecule has 0 aliphatic heterocycles. The van der Waals surface area contributed by atoms with E-state index in [-0.39, 0.29) is 0 Å². The molecule has 4 heteroatoms. The van der Waals surface area contributed by atoms with Gasteiger partial charge in [0.2, 0.25) is 0 Å². The van der Waals surface area contributed by atoms with Crippen LogP contribution in [0.4, 0.5) is 0 Å². The fourth-order valence-corrected chi connectivity index (χ4v) is 3.68. The standard InChI is InChI=1S/C26H28N2O2/c1-19(2)21-11-5-9-15-25(21)29-17-16-28-23-13-7-6-12-22(23)27-26(28)18-30-24-14-8-4-10-20(24)3/h4-15,19H,16-18H2,1-3H3. The summed E-state index contributed by atoms with van der Waals surface area (Å²) in [6.07, 6.45) is 0. The molecule has 0 spiro atoms. The van der Waals surface area contributed by atoms with Crippen LogP contribution in [0.3, 0.4) is 0 Å². The number of para-hydroxylation sites is 4. The molecule has 0 saturated carbocycles. The van der Waals surface area contributed by atoms with Crippen molar-refractivity contribution in [2.75, 3.05) is 6.61 Å². The third-order valence-electron chi connectivity index (χ3n) is 5.30. The third kappa shape index (κ3) is 4.33. The number of nitrogens with zero attached hydrogens (tertiary/aromatic N) is 2. The summed E-state index contributed by atoms with van der Waals surface area (Å²) in [5.41, 5.74) is 4.43. The van der Waals surface area contributed by atoms with Gasteiger partial charge in [0, 0.05) is 0 Å². The molecule has 4 rings (SSSR count). The van der Waals surface area contributed by atoms with Gasteiger partial charge < -0.3 is 14.0 Å². The highest BCUT2D eigenvalue weighted by molar-refractivity contribution is 5.75. The molecule has 30 heavy (non-hydrogen) atoms. The van der Waals surface area contributed by atoms with Crippen molar-refractivity contribution in [1.82, 2.24) is 9.55 Å². The summed E-state index contributed by atoms with van der Waals surface area (Å²) >= 11 is 0. The highest BCUT2D eigenvalue weighted by atomic mass is 16.5. The molecule has 1 aromatic heterocycles. The molecule has 0 amide bonds. The number of rotatable bonds is 8.